The Bertz CT molecular complexity index is 414. The molecule has 104 valence electrons. The van der Waals surface area contributed by atoms with E-state index in [0.29, 0.717) is 12.6 Å². The Labute approximate surface area is 112 Å². The highest BCUT2D eigenvalue weighted by Crippen LogP contribution is 2.24. The van der Waals surface area contributed by atoms with Crippen LogP contribution in [-0.4, -0.2) is 50.7 Å². The van der Waals surface area contributed by atoms with Gasteiger partial charge in [-0.05, 0) is 25.7 Å². The largest absolute Gasteiger partial charge is 0.335 e. The molecule has 7 nitrogen and oxygen atoms in total. The Balaban J connectivity index is 1.56. The predicted octanol–water partition coefficient (Wildman–Crippen LogP) is 1.03. The maximum atomic E-state index is 12.2. The first kappa shape index (κ1) is 12.4. The summed E-state index contributed by atoms with van der Waals surface area (Å²) in [5.74, 6) is 0.931. The summed E-state index contributed by atoms with van der Waals surface area (Å²) in [6, 6.07) is 0.443. The average Bonchev–Trinajstić information content (AvgIpc) is 3.12. The highest BCUT2D eigenvalue weighted by Gasteiger charge is 2.28. The zero-order chi connectivity index (χ0) is 13.1. The molecule has 2 N–H and O–H groups in total. The standard InChI is InChI=1S/C12H20N6O/c19-12(13-10-5-1-2-6-10)18-7-3-4-9(8-18)11-14-16-17-15-11/h9-10H,1-8H2,(H,13,19)(H,14,15,16,17). The lowest BCUT2D eigenvalue weighted by molar-refractivity contribution is 0.174. The fourth-order valence-corrected chi connectivity index (χ4v) is 3.05. The second-order valence-electron chi connectivity index (χ2n) is 5.49. The molecule has 1 aliphatic carbocycles. The third-order valence-electron chi connectivity index (χ3n) is 4.12. The molecule has 1 saturated carbocycles. The van der Waals surface area contributed by atoms with Crippen molar-refractivity contribution in [2.75, 3.05) is 13.1 Å². The number of piperidine rings is 1. The summed E-state index contributed by atoms with van der Waals surface area (Å²) in [5, 5.41) is 17.3. The van der Waals surface area contributed by atoms with Crippen LogP contribution in [0.2, 0.25) is 0 Å². The van der Waals surface area contributed by atoms with Crippen molar-refractivity contribution in [1.82, 2.24) is 30.8 Å². The number of carbonyl (C=O) groups excluding carboxylic acids is 1. The van der Waals surface area contributed by atoms with E-state index in [-0.39, 0.29) is 11.9 Å². The fourth-order valence-electron chi connectivity index (χ4n) is 3.05. The van der Waals surface area contributed by atoms with Gasteiger partial charge in [0.05, 0.1) is 0 Å². The lowest BCUT2D eigenvalue weighted by Gasteiger charge is -2.32. The van der Waals surface area contributed by atoms with Crippen LogP contribution in [0.3, 0.4) is 0 Å². The summed E-state index contributed by atoms with van der Waals surface area (Å²) in [4.78, 5) is 14.1. The van der Waals surface area contributed by atoms with Crippen LogP contribution in [0, 0.1) is 0 Å². The normalized spacial score (nSPS) is 24.6. The van der Waals surface area contributed by atoms with Crippen LogP contribution in [0.25, 0.3) is 0 Å². The number of hydrogen-bond donors (Lipinski definition) is 2. The van der Waals surface area contributed by atoms with Gasteiger partial charge in [-0.15, -0.1) is 10.2 Å². The van der Waals surface area contributed by atoms with Gasteiger partial charge in [0.25, 0.3) is 0 Å². The van der Waals surface area contributed by atoms with E-state index in [0.717, 1.165) is 38.1 Å². The van der Waals surface area contributed by atoms with E-state index >= 15 is 0 Å². The molecule has 19 heavy (non-hydrogen) atoms. The number of urea groups is 1. The zero-order valence-electron chi connectivity index (χ0n) is 11.0. The highest BCUT2D eigenvalue weighted by molar-refractivity contribution is 5.74. The first-order valence-corrected chi connectivity index (χ1v) is 7.11. The molecule has 0 spiro atoms. The summed E-state index contributed by atoms with van der Waals surface area (Å²) >= 11 is 0. The Kier molecular flexibility index (Phi) is 3.61. The number of nitrogens with zero attached hydrogens (tertiary/aromatic N) is 4. The Morgan fingerprint density at radius 3 is 2.84 bits per heavy atom. The van der Waals surface area contributed by atoms with Crippen LogP contribution in [-0.2, 0) is 0 Å². The molecular weight excluding hydrogens is 244 g/mol. The number of tetrazole rings is 1. The minimum atomic E-state index is 0.0695. The van der Waals surface area contributed by atoms with Gasteiger partial charge in [0, 0.05) is 25.0 Å². The van der Waals surface area contributed by atoms with Gasteiger partial charge in [-0.1, -0.05) is 18.1 Å². The minimum Gasteiger partial charge on any atom is -0.335 e. The van der Waals surface area contributed by atoms with E-state index in [2.05, 4.69) is 25.9 Å². The number of aromatic amines is 1. The molecule has 1 saturated heterocycles. The van der Waals surface area contributed by atoms with Crippen LogP contribution >= 0.6 is 0 Å². The number of amides is 2. The SMILES string of the molecule is O=C(NC1CCCC1)N1CCCC(c2nn[nH]n2)C1. The molecule has 1 atom stereocenters. The summed E-state index contributed by atoms with van der Waals surface area (Å²) in [6.07, 6.45) is 6.72. The Morgan fingerprint density at radius 1 is 1.26 bits per heavy atom. The van der Waals surface area contributed by atoms with Crippen LogP contribution < -0.4 is 5.32 Å². The monoisotopic (exact) mass is 264 g/mol. The van der Waals surface area contributed by atoms with Gasteiger partial charge >= 0.3 is 6.03 Å². The maximum absolute atomic E-state index is 12.2. The van der Waals surface area contributed by atoms with Gasteiger partial charge in [0.15, 0.2) is 5.82 Å². The zero-order valence-corrected chi connectivity index (χ0v) is 11.0. The third kappa shape index (κ3) is 2.85. The maximum Gasteiger partial charge on any atom is 0.317 e. The molecule has 3 rings (SSSR count). The van der Waals surface area contributed by atoms with Crippen molar-refractivity contribution >= 4 is 6.03 Å². The molecule has 1 unspecified atom stereocenters. The smallest absolute Gasteiger partial charge is 0.317 e. The van der Waals surface area contributed by atoms with Crippen molar-refractivity contribution < 1.29 is 4.79 Å². The summed E-state index contributed by atoms with van der Waals surface area (Å²) < 4.78 is 0. The molecule has 0 aromatic carbocycles. The summed E-state index contributed by atoms with van der Waals surface area (Å²) in [7, 11) is 0. The van der Waals surface area contributed by atoms with Crippen molar-refractivity contribution in [2.45, 2.75) is 50.5 Å². The van der Waals surface area contributed by atoms with Crippen molar-refractivity contribution in [3.8, 4) is 0 Å². The number of H-pyrrole nitrogens is 1. The first-order chi connectivity index (χ1) is 9.33. The number of aromatic nitrogens is 4. The molecule has 1 aliphatic heterocycles. The summed E-state index contributed by atoms with van der Waals surface area (Å²) in [6.45, 7) is 1.52. The minimum absolute atomic E-state index is 0.0695. The molecule has 1 aromatic heterocycles. The van der Waals surface area contributed by atoms with E-state index in [1.807, 2.05) is 4.90 Å². The second-order valence-corrected chi connectivity index (χ2v) is 5.49. The molecular formula is C12H20N6O. The molecule has 2 aliphatic rings. The molecule has 2 amide bonds. The molecule has 2 heterocycles. The van der Waals surface area contributed by atoms with E-state index in [1.54, 1.807) is 0 Å². The number of carbonyl (C=O) groups is 1. The van der Waals surface area contributed by atoms with Crippen molar-refractivity contribution in [3.05, 3.63) is 5.82 Å². The van der Waals surface area contributed by atoms with E-state index in [4.69, 9.17) is 0 Å². The molecule has 1 aromatic rings. The number of hydrogen-bond acceptors (Lipinski definition) is 4. The van der Waals surface area contributed by atoms with Crippen LogP contribution in [0.1, 0.15) is 50.3 Å². The van der Waals surface area contributed by atoms with Gasteiger partial charge < -0.3 is 10.2 Å². The quantitative estimate of drug-likeness (QED) is 0.835. The molecule has 2 fully saturated rings. The molecule has 0 bridgehead atoms. The predicted molar refractivity (Wildman–Crippen MR) is 68.5 cm³/mol. The summed E-state index contributed by atoms with van der Waals surface area (Å²) in [5.41, 5.74) is 0. The van der Waals surface area contributed by atoms with Crippen LogP contribution in [0.4, 0.5) is 4.79 Å². The van der Waals surface area contributed by atoms with E-state index < -0.39 is 0 Å². The van der Waals surface area contributed by atoms with E-state index in [1.165, 1.54) is 12.8 Å². The van der Waals surface area contributed by atoms with Crippen molar-refractivity contribution in [3.63, 3.8) is 0 Å². The number of nitrogens with one attached hydrogen (secondary N) is 2. The Morgan fingerprint density at radius 2 is 2.11 bits per heavy atom. The van der Waals surface area contributed by atoms with Crippen molar-refractivity contribution in [1.29, 1.82) is 0 Å². The lowest BCUT2D eigenvalue weighted by atomic mass is 9.98. The van der Waals surface area contributed by atoms with Crippen LogP contribution in [0.5, 0.6) is 0 Å². The average molecular weight is 264 g/mol. The van der Waals surface area contributed by atoms with Crippen LogP contribution in [0.15, 0.2) is 0 Å². The fraction of sp³-hybridized carbons (Fsp3) is 0.833. The third-order valence-corrected chi connectivity index (χ3v) is 4.12. The molecule has 0 radical (unpaired) electrons. The number of likely N-dealkylation sites (tertiary alicyclic amines) is 1. The number of rotatable bonds is 2. The lowest BCUT2D eigenvalue weighted by Crippen LogP contribution is -2.47. The highest BCUT2D eigenvalue weighted by atomic mass is 16.2. The Hall–Kier alpha value is -1.66. The second kappa shape index (κ2) is 5.54. The van der Waals surface area contributed by atoms with Gasteiger partial charge in [0.2, 0.25) is 0 Å². The molecule has 7 heteroatoms. The first-order valence-electron chi connectivity index (χ1n) is 7.11. The van der Waals surface area contributed by atoms with E-state index in [9.17, 15) is 4.79 Å². The van der Waals surface area contributed by atoms with Gasteiger partial charge in [-0.3, -0.25) is 0 Å². The van der Waals surface area contributed by atoms with Crippen molar-refractivity contribution in [2.24, 2.45) is 0 Å². The topological polar surface area (TPSA) is 86.8 Å². The van der Waals surface area contributed by atoms with Gasteiger partial charge in [0.1, 0.15) is 0 Å². The van der Waals surface area contributed by atoms with Gasteiger partial charge in [-0.25, -0.2) is 4.79 Å². The van der Waals surface area contributed by atoms with Gasteiger partial charge in [-0.2, -0.15) is 5.21 Å².